The maximum Gasteiger partial charge on any atom is 0.251 e. The van der Waals surface area contributed by atoms with E-state index >= 15 is 0 Å². The van der Waals surface area contributed by atoms with Crippen LogP contribution in [0.5, 0.6) is 5.75 Å². The number of nitrogens with one attached hydrogen (secondary N) is 2. The molecule has 0 heterocycles. The van der Waals surface area contributed by atoms with Gasteiger partial charge in [0.2, 0.25) is 5.91 Å². The van der Waals surface area contributed by atoms with Crippen LogP contribution >= 0.6 is 0 Å². The van der Waals surface area contributed by atoms with Crippen LogP contribution in [0.4, 0.5) is 0 Å². The van der Waals surface area contributed by atoms with Crippen LogP contribution < -0.4 is 15.4 Å². The van der Waals surface area contributed by atoms with Gasteiger partial charge in [-0.2, -0.15) is 0 Å². The molecular weight excluding hydrogens is 352 g/mol. The van der Waals surface area contributed by atoms with Gasteiger partial charge in [-0.25, -0.2) is 0 Å². The van der Waals surface area contributed by atoms with E-state index in [0.29, 0.717) is 17.9 Å². The standard InChI is InChI=1S/C23H24N2O3/c1-3-28-19-13-11-18(12-14-19)23(27)24-15-22(26)25-16(2)20-10-6-8-17-7-4-5-9-21(17)20/h4-14,16H,3,15H2,1-2H3,(H,24,27)(H,25,26). The normalized spacial score (nSPS) is 11.6. The molecule has 144 valence electrons. The van der Waals surface area contributed by atoms with E-state index in [1.165, 1.54) is 0 Å². The van der Waals surface area contributed by atoms with Crippen LogP contribution in [0.15, 0.2) is 66.7 Å². The van der Waals surface area contributed by atoms with E-state index in [1.54, 1.807) is 24.3 Å². The highest BCUT2D eigenvalue weighted by Gasteiger charge is 2.13. The van der Waals surface area contributed by atoms with E-state index in [-0.39, 0.29) is 24.4 Å². The second kappa shape index (κ2) is 9.04. The molecular formula is C23H24N2O3. The molecule has 3 aromatic carbocycles. The molecule has 1 unspecified atom stereocenters. The quantitative estimate of drug-likeness (QED) is 0.658. The monoisotopic (exact) mass is 376 g/mol. The van der Waals surface area contributed by atoms with Crippen molar-refractivity contribution in [2.75, 3.05) is 13.2 Å². The summed E-state index contributed by atoms with van der Waals surface area (Å²) in [4.78, 5) is 24.5. The fraction of sp³-hybridized carbons (Fsp3) is 0.217. The molecule has 2 N–H and O–H groups in total. The predicted octanol–water partition coefficient (Wildman–Crippen LogP) is 3.85. The van der Waals surface area contributed by atoms with Crippen molar-refractivity contribution in [3.63, 3.8) is 0 Å². The average molecular weight is 376 g/mol. The largest absolute Gasteiger partial charge is 0.494 e. The van der Waals surface area contributed by atoms with Crippen molar-refractivity contribution < 1.29 is 14.3 Å². The first kappa shape index (κ1) is 19.4. The summed E-state index contributed by atoms with van der Waals surface area (Å²) in [5.41, 5.74) is 1.53. The first-order chi connectivity index (χ1) is 13.6. The van der Waals surface area contributed by atoms with Crippen molar-refractivity contribution in [3.05, 3.63) is 77.9 Å². The zero-order chi connectivity index (χ0) is 19.9. The summed E-state index contributed by atoms with van der Waals surface area (Å²) in [7, 11) is 0. The van der Waals surface area contributed by atoms with Crippen LogP contribution in [0.3, 0.4) is 0 Å². The molecule has 0 aliphatic rings. The first-order valence-corrected chi connectivity index (χ1v) is 9.36. The van der Waals surface area contributed by atoms with Gasteiger partial charge in [0.1, 0.15) is 5.75 Å². The van der Waals surface area contributed by atoms with Gasteiger partial charge in [-0.15, -0.1) is 0 Å². The van der Waals surface area contributed by atoms with Gasteiger partial charge < -0.3 is 15.4 Å². The van der Waals surface area contributed by atoms with Gasteiger partial charge in [0.15, 0.2) is 0 Å². The summed E-state index contributed by atoms with van der Waals surface area (Å²) >= 11 is 0. The molecule has 5 heteroatoms. The molecule has 1 atom stereocenters. The predicted molar refractivity (Wildman–Crippen MR) is 110 cm³/mol. The topological polar surface area (TPSA) is 67.4 Å². The fourth-order valence-corrected chi connectivity index (χ4v) is 3.13. The van der Waals surface area contributed by atoms with Gasteiger partial charge in [-0.1, -0.05) is 42.5 Å². The Labute approximate surface area is 164 Å². The number of carbonyl (C=O) groups is 2. The van der Waals surface area contributed by atoms with Gasteiger partial charge in [0.25, 0.3) is 5.91 Å². The second-order valence-corrected chi connectivity index (χ2v) is 6.50. The molecule has 0 saturated carbocycles. The number of rotatable bonds is 7. The van der Waals surface area contributed by atoms with Crippen LogP contribution in [0, 0.1) is 0 Å². The molecule has 5 nitrogen and oxygen atoms in total. The maximum atomic E-state index is 12.3. The molecule has 0 aliphatic carbocycles. The van der Waals surface area contributed by atoms with Crippen LogP contribution in [0.25, 0.3) is 10.8 Å². The highest BCUT2D eigenvalue weighted by molar-refractivity contribution is 5.96. The SMILES string of the molecule is CCOc1ccc(C(=O)NCC(=O)NC(C)c2cccc3ccccc23)cc1. The number of hydrogen-bond donors (Lipinski definition) is 2. The van der Waals surface area contributed by atoms with Gasteiger partial charge >= 0.3 is 0 Å². The smallest absolute Gasteiger partial charge is 0.251 e. The van der Waals surface area contributed by atoms with Crippen LogP contribution in [0.1, 0.15) is 35.8 Å². The Morgan fingerprint density at radius 1 is 0.964 bits per heavy atom. The second-order valence-electron chi connectivity index (χ2n) is 6.50. The van der Waals surface area contributed by atoms with Crippen LogP contribution in [0.2, 0.25) is 0 Å². The van der Waals surface area contributed by atoms with E-state index in [2.05, 4.69) is 10.6 Å². The summed E-state index contributed by atoms with van der Waals surface area (Å²) in [6.45, 7) is 4.33. The Morgan fingerprint density at radius 3 is 2.43 bits per heavy atom. The summed E-state index contributed by atoms with van der Waals surface area (Å²) in [5, 5.41) is 7.84. The van der Waals surface area contributed by atoms with Gasteiger partial charge in [0.05, 0.1) is 19.2 Å². The van der Waals surface area contributed by atoms with E-state index in [1.807, 2.05) is 56.3 Å². The van der Waals surface area contributed by atoms with Crippen LogP contribution in [-0.2, 0) is 4.79 Å². The molecule has 0 aromatic heterocycles. The van der Waals surface area contributed by atoms with Crippen molar-refractivity contribution in [3.8, 4) is 5.75 Å². The molecule has 0 spiro atoms. The fourth-order valence-electron chi connectivity index (χ4n) is 3.13. The highest BCUT2D eigenvalue weighted by atomic mass is 16.5. The molecule has 28 heavy (non-hydrogen) atoms. The van der Waals surface area contributed by atoms with Gasteiger partial charge in [0, 0.05) is 5.56 Å². The number of amides is 2. The van der Waals surface area contributed by atoms with Crippen molar-refractivity contribution in [2.24, 2.45) is 0 Å². The first-order valence-electron chi connectivity index (χ1n) is 9.36. The Kier molecular flexibility index (Phi) is 6.27. The summed E-state index contributed by atoms with van der Waals surface area (Å²) in [6, 6.07) is 20.8. The number of hydrogen-bond acceptors (Lipinski definition) is 3. The van der Waals surface area contributed by atoms with E-state index in [9.17, 15) is 9.59 Å². The Hall–Kier alpha value is -3.34. The molecule has 0 bridgehead atoms. The Morgan fingerprint density at radius 2 is 1.68 bits per heavy atom. The Bertz CT molecular complexity index is 962. The average Bonchev–Trinajstić information content (AvgIpc) is 2.72. The minimum absolute atomic E-state index is 0.0822. The Balaban J connectivity index is 1.57. The number of fused-ring (bicyclic) bond motifs is 1. The van der Waals surface area contributed by atoms with Crippen molar-refractivity contribution in [1.82, 2.24) is 10.6 Å². The minimum atomic E-state index is -0.295. The van der Waals surface area contributed by atoms with E-state index in [4.69, 9.17) is 4.74 Å². The molecule has 0 aliphatic heterocycles. The molecule has 0 saturated heterocycles. The lowest BCUT2D eigenvalue weighted by Gasteiger charge is -2.17. The lowest BCUT2D eigenvalue weighted by molar-refractivity contribution is -0.120. The summed E-state index contributed by atoms with van der Waals surface area (Å²) in [5.74, 6) is 0.177. The van der Waals surface area contributed by atoms with Crippen molar-refractivity contribution in [1.29, 1.82) is 0 Å². The van der Waals surface area contributed by atoms with Gasteiger partial charge in [-0.05, 0) is 54.4 Å². The summed E-state index contributed by atoms with van der Waals surface area (Å²) < 4.78 is 5.36. The highest BCUT2D eigenvalue weighted by Crippen LogP contribution is 2.23. The molecule has 2 amide bonds. The van der Waals surface area contributed by atoms with E-state index in [0.717, 1.165) is 16.3 Å². The number of carbonyl (C=O) groups excluding carboxylic acids is 2. The molecule has 0 radical (unpaired) electrons. The lowest BCUT2D eigenvalue weighted by atomic mass is 10.00. The summed E-state index contributed by atoms with van der Waals surface area (Å²) in [6.07, 6.45) is 0. The van der Waals surface area contributed by atoms with Gasteiger partial charge in [-0.3, -0.25) is 9.59 Å². The number of ether oxygens (including phenoxy) is 1. The maximum absolute atomic E-state index is 12.3. The number of benzene rings is 3. The third-order valence-electron chi connectivity index (χ3n) is 4.50. The van der Waals surface area contributed by atoms with Crippen LogP contribution in [-0.4, -0.2) is 25.0 Å². The molecule has 3 aromatic rings. The third kappa shape index (κ3) is 4.68. The zero-order valence-corrected chi connectivity index (χ0v) is 16.1. The molecule has 3 rings (SSSR count). The molecule has 0 fully saturated rings. The van der Waals surface area contributed by atoms with E-state index < -0.39 is 0 Å². The van der Waals surface area contributed by atoms with Crippen molar-refractivity contribution in [2.45, 2.75) is 19.9 Å². The minimum Gasteiger partial charge on any atom is -0.494 e. The zero-order valence-electron chi connectivity index (χ0n) is 16.1. The lowest BCUT2D eigenvalue weighted by Crippen LogP contribution is -2.38. The van der Waals surface area contributed by atoms with Crippen molar-refractivity contribution >= 4 is 22.6 Å². The third-order valence-corrected chi connectivity index (χ3v) is 4.50.